The van der Waals surface area contributed by atoms with Crippen LogP contribution >= 0.6 is 39.1 Å². The van der Waals surface area contributed by atoms with Crippen molar-refractivity contribution in [1.29, 1.82) is 0 Å². The smallest absolute Gasteiger partial charge is 0.133 e. The molecular weight excluding hydrogens is 342 g/mol. The first kappa shape index (κ1) is 13.7. The van der Waals surface area contributed by atoms with Gasteiger partial charge in [0, 0.05) is 21.1 Å². The average molecular weight is 350 g/mol. The Bertz CT molecular complexity index is 555. The molecule has 0 aromatic heterocycles. The highest BCUT2D eigenvalue weighted by molar-refractivity contribution is 9.10. The fourth-order valence-electron chi connectivity index (χ4n) is 1.48. The van der Waals surface area contributed by atoms with Crippen LogP contribution in [0.5, 0.6) is 11.5 Å². The molecule has 0 fully saturated rings. The van der Waals surface area contributed by atoms with E-state index in [0.29, 0.717) is 26.6 Å². The van der Waals surface area contributed by atoms with E-state index < -0.39 is 0 Å². The first-order valence-corrected chi connectivity index (χ1v) is 6.78. The highest BCUT2D eigenvalue weighted by atomic mass is 79.9. The second kappa shape index (κ2) is 5.91. The van der Waals surface area contributed by atoms with Gasteiger partial charge in [-0.15, -0.1) is 11.6 Å². The van der Waals surface area contributed by atoms with Gasteiger partial charge < -0.3 is 4.74 Å². The van der Waals surface area contributed by atoms with E-state index in [2.05, 4.69) is 15.9 Å². The number of benzene rings is 2. The topological polar surface area (TPSA) is 9.23 Å². The van der Waals surface area contributed by atoms with E-state index in [0.717, 1.165) is 0 Å². The predicted octanol–water partition coefficient (Wildman–Crippen LogP) is 5.77. The highest BCUT2D eigenvalue weighted by Gasteiger charge is 2.09. The molecule has 5 heteroatoms. The van der Waals surface area contributed by atoms with Crippen molar-refractivity contribution in [2.75, 3.05) is 0 Å². The van der Waals surface area contributed by atoms with Crippen molar-refractivity contribution >= 4 is 39.1 Å². The Labute approximate surface area is 123 Å². The Kier molecular flexibility index (Phi) is 4.49. The summed E-state index contributed by atoms with van der Waals surface area (Å²) in [6, 6.07) is 9.54. The molecule has 0 aliphatic rings. The predicted molar refractivity (Wildman–Crippen MR) is 75.2 cm³/mol. The molecule has 0 saturated heterocycles. The van der Waals surface area contributed by atoms with Crippen LogP contribution in [0.15, 0.2) is 40.9 Å². The molecule has 2 rings (SSSR count). The van der Waals surface area contributed by atoms with Gasteiger partial charge in [0.15, 0.2) is 0 Å². The van der Waals surface area contributed by atoms with Gasteiger partial charge in [0.25, 0.3) is 0 Å². The van der Waals surface area contributed by atoms with Crippen molar-refractivity contribution in [1.82, 2.24) is 0 Å². The van der Waals surface area contributed by atoms with Crippen molar-refractivity contribution < 1.29 is 9.13 Å². The molecule has 0 N–H and O–H groups in total. The molecule has 0 bridgehead atoms. The normalized spacial score (nSPS) is 10.4. The fourth-order valence-corrected chi connectivity index (χ4v) is 2.50. The van der Waals surface area contributed by atoms with Crippen LogP contribution in [0.2, 0.25) is 5.02 Å². The Morgan fingerprint density at radius 1 is 1.22 bits per heavy atom. The summed E-state index contributed by atoms with van der Waals surface area (Å²) < 4.78 is 19.4. The molecule has 94 valence electrons. The van der Waals surface area contributed by atoms with Crippen LogP contribution in [0.25, 0.3) is 0 Å². The van der Waals surface area contributed by atoms with E-state index in [1.54, 1.807) is 24.3 Å². The van der Waals surface area contributed by atoms with Gasteiger partial charge in [0.05, 0.1) is 5.88 Å². The van der Waals surface area contributed by atoms with Crippen LogP contribution in [0.3, 0.4) is 0 Å². The van der Waals surface area contributed by atoms with Gasteiger partial charge in [-0.25, -0.2) is 4.39 Å². The summed E-state index contributed by atoms with van der Waals surface area (Å²) in [6.07, 6.45) is 0. The Balaban J connectivity index is 2.36. The molecule has 2 aromatic carbocycles. The molecule has 0 amide bonds. The van der Waals surface area contributed by atoms with Crippen molar-refractivity contribution in [2.24, 2.45) is 0 Å². The summed E-state index contributed by atoms with van der Waals surface area (Å²) in [5, 5.41) is 0.526. The van der Waals surface area contributed by atoms with E-state index >= 15 is 0 Å². The van der Waals surface area contributed by atoms with Gasteiger partial charge in [-0.3, -0.25) is 0 Å². The molecular formula is C13H8BrCl2FO. The standard InChI is InChI=1S/C13H8BrCl2FO/c14-8-4-9(17)6-10(5-8)18-13-3-1-2-12(16)11(13)7-15/h1-6H,7H2. The molecule has 1 nitrogen and oxygen atoms in total. The zero-order valence-electron chi connectivity index (χ0n) is 9.09. The van der Waals surface area contributed by atoms with Gasteiger partial charge in [0.1, 0.15) is 17.3 Å². The van der Waals surface area contributed by atoms with E-state index in [9.17, 15) is 4.39 Å². The molecule has 0 aliphatic carbocycles. The van der Waals surface area contributed by atoms with E-state index in [4.69, 9.17) is 27.9 Å². The SMILES string of the molecule is Fc1cc(Br)cc(Oc2cccc(Cl)c2CCl)c1. The molecule has 0 radical (unpaired) electrons. The van der Waals surface area contributed by atoms with Crippen LogP contribution in [-0.2, 0) is 5.88 Å². The van der Waals surface area contributed by atoms with Gasteiger partial charge in [-0.2, -0.15) is 0 Å². The van der Waals surface area contributed by atoms with Crippen molar-refractivity contribution in [3.63, 3.8) is 0 Å². The minimum Gasteiger partial charge on any atom is -0.457 e. The summed E-state index contributed by atoms with van der Waals surface area (Å²) in [7, 11) is 0. The second-order valence-corrected chi connectivity index (χ2v) is 5.15. The Morgan fingerprint density at radius 2 is 2.00 bits per heavy atom. The Hall–Kier alpha value is -0.770. The van der Waals surface area contributed by atoms with Crippen LogP contribution in [0.1, 0.15) is 5.56 Å². The Morgan fingerprint density at radius 3 is 2.67 bits per heavy atom. The van der Waals surface area contributed by atoms with E-state index in [1.807, 2.05) is 0 Å². The van der Waals surface area contributed by atoms with Gasteiger partial charge in [-0.05, 0) is 24.3 Å². The number of halogens is 4. The maximum atomic E-state index is 13.2. The van der Waals surface area contributed by atoms with Crippen molar-refractivity contribution in [3.8, 4) is 11.5 Å². The second-order valence-electron chi connectivity index (χ2n) is 3.56. The van der Waals surface area contributed by atoms with Gasteiger partial charge in [-0.1, -0.05) is 33.6 Å². The molecule has 0 unspecified atom stereocenters. The highest BCUT2D eigenvalue weighted by Crippen LogP contribution is 2.32. The lowest BCUT2D eigenvalue weighted by atomic mass is 10.2. The van der Waals surface area contributed by atoms with Crippen molar-refractivity contribution in [2.45, 2.75) is 5.88 Å². The maximum Gasteiger partial charge on any atom is 0.133 e. The zero-order chi connectivity index (χ0) is 13.1. The summed E-state index contributed by atoms with van der Waals surface area (Å²) >= 11 is 15.0. The quantitative estimate of drug-likeness (QED) is 0.639. The van der Waals surface area contributed by atoms with Crippen LogP contribution in [0, 0.1) is 5.82 Å². The average Bonchev–Trinajstić information content (AvgIpc) is 2.27. The molecule has 0 saturated carbocycles. The molecule has 18 heavy (non-hydrogen) atoms. The minimum absolute atomic E-state index is 0.228. The minimum atomic E-state index is -0.381. The third-order valence-electron chi connectivity index (χ3n) is 2.27. The lowest BCUT2D eigenvalue weighted by molar-refractivity contribution is 0.472. The maximum absolute atomic E-state index is 13.2. The summed E-state index contributed by atoms with van der Waals surface area (Å²) in [5.74, 6) is 0.755. The monoisotopic (exact) mass is 348 g/mol. The van der Waals surface area contributed by atoms with Crippen LogP contribution < -0.4 is 4.74 Å². The third kappa shape index (κ3) is 3.16. The van der Waals surface area contributed by atoms with Gasteiger partial charge in [0.2, 0.25) is 0 Å². The summed E-state index contributed by atoms with van der Waals surface area (Å²) in [4.78, 5) is 0. The zero-order valence-corrected chi connectivity index (χ0v) is 12.2. The molecule has 0 heterocycles. The van der Waals surface area contributed by atoms with Gasteiger partial charge >= 0.3 is 0 Å². The van der Waals surface area contributed by atoms with Crippen LogP contribution in [0.4, 0.5) is 4.39 Å². The first-order valence-electron chi connectivity index (χ1n) is 5.07. The van der Waals surface area contributed by atoms with E-state index in [1.165, 1.54) is 12.1 Å². The lowest BCUT2D eigenvalue weighted by Gasteiger charge is -2.11. The molecule has 0 aliphatic heterocycles. The van der Waals surface area contributed by atoms with Crippen LogP contribution in [-0.4, -0.2) is 0 Å². The number of alkyl halides is 1. The largest absolute Gasteiger partial charge is 0.457 e. The van der Waals surface area contributed by atoms with E-state index in [-0.39, 0.29) is 11.7 Å². The first-order chi connectivity index (χ1) is 8.60. The number of ether oxygens (including phenoxy) is 1. The van der Waals surface area contributed by atoms with Crippen molar-refractivity contribution in [3.05, 3.63) is 57.3 Å². The summed E-state index contributed by atoms with van der Waals surface area (Å²) in [6.45, 7) is 0. The molecule has 0 spiro atoms. The fraction of sp³-hybridized carbons (Fsp3) is 0.0769. The summed E-state index contributed by atoms with van der Waals surface area (Å²) in [5.41, 5.74) is 0.682. The number of hydrogen-bond acceptors (Lipinski definition) is 1. The third-order valence-corrected chi connectivity index (χ3v) is 3.35. The number of rotatable bonds is 3. The number of hydrogen-bond donors (Lipinski definition) is 0. The molecule has 0 atom stereocenters. The lowest BCUT2D eigenvalue weighted by Crippen LogP contribution is -1.91. The molecule has 2 aromatic rings.